The smallest absolute Gasteiger partial charge is 0.162 e. The Morgan fingerprint density at radius 3 is 2.56 bits per heavy atom. The Morgan fingerprint density at radius 2 is 2.06 bits per heavy atom. The Labute approximate surface area is 110 Å². The molecule has 2 rings (SSSR count). The predicted octanol–water partition coefficient (Wildman–Crippen LogP) is 2.19. The van der Waals surface area contributed by atoms with E-state index in [0.29, 0.717) is 0 Å². The quantitative estimate of drug-likeness (QED) is 0.842. The highest BCUT2D eigenvalue weighted by Gasteiger charge is 2.26. The maximum absolute atomic E-state index is 5.98. The van der Waals surface area contributed by atoms with E-state index < -0.39 is 0 Å². The highest BCUT2D eigenvalue weighted by atomic mass is 16.5. The molecule has 1 heterocycles. The van der Waals surface area contributed by atoms with E-state index in [2.05, 4.69) is 24.3 Å². The lowest BCUT2D eigenvalue weighted by Gasteiger charge is -2.25. The van der Waals surface area contributed by atoms with Crippen molar-refractivity contribution >= 4 is 0 Å². The zero-order chi connectivity index (χ0) is 13.3. The van der Waals surface area contributed by atoms with Crippen molar-refractivity contribution in [1.82, 2.24) is 15.1 Å². The fraction of sp³-hybridized carbons (Fsp3) is 0.786. The van der Waals surface area contributed by atoms with E-state index >= 15 is 0 Å². The number of ether oxygens (including phenoxy) is 1. The summed E-state index contributed by atoms with van der Waals surface area (Å²) in [6, 6.07) is 0.756. The average Bonchev–Trinajstić information content (AvgIpc) is 3.06. The van der Waals surface area contributed by atoms with E-state index in [1.807, 2.05) is 25.6 Å². The number of aromatic nitrogens is 2. The summed E-state index contributed by atoms with van der Waals surface area (Å²) in [6.07, 6.45) is 2.66. The Kier molecular flexibility index (Phi) is 3.66. The molecule has 102 valence electrons. The molecule has 1 aromatic rings. The van der Waals surface area contributed by atoms with Gasteiger partial charge >= 0.3 is 0 Å². The Hall–Kier alpha value is -1.03. The Balaban J connectivity index is 1.88. The molecule has 1 aromatic heterocycles. The van der Waals surface area contributed by atoms with Crippen LogP contribution in [0.25, 0.3) is 0 Å². The topological polar surface area (TPSA) is 39.1 Å². The molecule has 1 aliphatic rings. The van der Waals surface area contributed by atoms with Crippen LogP contribution in [0.4, 0.5) is 0 Å². The summed E-state index contributed by atoms with van der Waals surface area (Å²) in [5, 5.41) is 7.94. The maximum Gasteiger partial charge on any atom is 0.162 e. The van der Waals surface area contributed by atoms with E-state index in [0.717, 1.165) is 36.3 Å². The molecule has 4 heteroatoms. The molecular weight excluding hydrogens is 226 g/mol. The van der Waals surface area contributed by atoms with Gasteiger partial charge in [0, 0.05) is 25.0 Å². The van der Waals surface area contributed by atoms with Crippen LogP contribution >= 0.6 is 0 Å². The second-order valence-corrected chi connectivity index (χ2v) is 6.23. The van der Waals surface area contributed by atoms with Gasteiger partial charge in [0.2, 0.25) is 0 Å². The van der Waals surface area contributed by atoms with Gasteiger partial charge in [-0.3, -0.25) is 4.68 Å². The molecule has 18 heavy (non-hydrogen) atoms. The molecule has 0 aliphatic heterocycles. The summed E-state index contributed by atoms with van der Waals surface area (Å²) in [6.45, 7) is 10.3. The zero-order valence-electron chi connectivity index (χ0n) is 12.2. The summed E-state index contributed by atoms with van der Waals surface area (Å²) >= 11 is 0. The van der Waals surface area contributed by atoms with Crippen LogP contribution in [0.5, 0.6) is 5.75 Å². The van der Waals surface area contributed by atoms with Gasteiger partial charge < -0.3 is 10.1 Å². The van der Waals surface area contributed by atoms with Crippen molar-refractivity contribution in [2.75, 3.05) is 13.2 Å². The van der Waals surface area contributed by atoms with Crippen molar-refractivity contribution in [3.63, 3.8) is 0 Å². The standard InChI is InChI=1S/C14H25N3O/c1-10-13(11(2)17(5)16-10)18-9-14(3,4)8-15-12-6-7-12/h12,15H,6-9H2,1-5H3. The summed E-state index contributed by atoms with van der Waals surface area (Å²) in [5.41, 5.74) is 2.22. The molecule has 1 fully saturated rings. The molecular formula is C14H25N3O. The van der Waals surface area contributed by atoms with Crippen LogP contribution < -0.4 is 10.1 Å². The minimum absolute atomic E-state index is 0.150. The molecule has 0 radical (unpaired) electrons. The van der Waals surface area contributed by atoms with Crippen molar-refractivity contribution in [1.29, 1.82) is 0 Å². The first kappa shape index (κ1) is 13.4. The summed E-state index contributed by atoms with van der Waals surface area (Å²) in [5.74, 6) is 0.942. The largest absolute Gasteiger partial charge is 0.489 e. The minimum atomic E-state index is 0.150. The van der Waals surface area contributed by atoms with Gasteiger partial charge in [-0.05, 0) is 26.7 Å². The Bertz CT molecular complexity index is 419. The lowest BCUT2D eigenvalue weighted by Crippen LogP contribution is -2.35. The second-order valence-electron chi connectivity index (χ2n) is 6.23. The van der Waals surface area contributed by atoms with E-state index in [-0.39, 0.29) is 5.41 Å². The van der Waals surface area contributed by atoms with Crippen LogP contribution in [0.1, 0.15) is 38.1 Å². The van der Waals surface area contributed by atoms with E-state index in [1.54, 1.807) is 0 Å². The maximum atomic E-state index is 5.98. The zero-order valence-corrected chi connectivity index (χ0v) is 12.2. The molecule has 4 nitrogen and oxygen atoms in total. The van der Waals surface area contributed by atoms with Crippen LogP contribution in [0.15, 0.2) is 0 Å². The number of hydrogen-bond acceptors (Lipinski definition) is 3. The van der Waals surface area contributed by atoms with Crippen molar-refractivity contribution < 1.29 is 4.74 Å². The molecule has 1 saturated carbocycles. The lowest BCUT2D eigenvalue weighted by atomic mass is 9.95. The van der Waals surface area contributed by atoms with E-state index in [9.17, 15) is 0 Å². The SMILES string of the molecule is Cc1nn(C)c(C)c1OCC(C)(C)CNC1CC1. The fourth-order valence-corrected chi connectivity index (χ4v) is 1.99. The second kappa shape index (κ2) is 4.92. The molecule has 0 saturated heterocycles. The third-order valence-electron chi connectivity index (χ3n) is 3.50. The lowest BCUT2D eigenvalue weighted by molar-refractivity contribution is 0.174. The Morgan fingerprint density at radius 1 is 1.39 bits per heavy atom. The highest BCUT2D eigenvalue weighted by Crippen LogP contribution is 2.25. The van der Waals surface area contributed by atoms with Crippen molar-refractivity contribution in [3.05, 3.63) is 11.4 Å². The van der Waals surface area contributed by atoms with Crippen LogP contribution in [-0.4, -0.2) is 29.0 Å². The van der Waals surface area contributed by atoms with Gasteiger partial charge in [0.1, 0.15) is 5.69 Å². The van der Waals surface area contributed by atoms with Crippen LogP contribution in [0, 0.1) is 19.3 Å². The first-order valence-corrected chi connectivity index (χ1v) is 6.75. The van der Waals surface area contributed by atoms with Gasteiger partial charge in [0.05, 0.1) is 12.3 Å². The van der Waals surface area contributed by atoms with Crippen LogP contribution in [0.2, 0.25) is 0 Å². The number of nitrogens with zero attached hydrogens (tertiary/aromatic N) is 2. The number of rotatable bonds is 6. The molecule has 0 aromatic carbocycles. The van der Waals surface area contributed by atoms with Crippen molar-refractivity contribution in [2.24, 2.45) is 12.5 Å². The molecule has 0 bridgehead atoms. The molecule has 1 N–H and O–H groups in total. The summed E-state index contributed by atoms with van der Waals surface area (Å²) < 4.78 is 7.86. The first-order valence-electron chi connectivity index (χ1n) is 6.75. The molecule has 0 atom stereocenters. The highest BCUT2D eigenvalue weighted by molar-refractivity contribution is 5.31. The average molecular weight is 251 g/mol. The minimum Gasteiger partial charge on any atom is -0.489 e. The molecule has 0 spiro atoms. The summed E-state index contributed by atoms with van der Waals surface area (Å²) in [7, 11) is 1.95. The molecule has 0 amide bonds. The molecule has 0 unspecified atom stereocenters. The van der Waals surface area contributed by atoms with Gasteiger partial charge in [-0.2, -0.15) is 5.10 Å². The number of aryl methyl sites for hydroxylation is 2. The summed E-state index contributed by atoms with van der Waals surface area (Å²) in [4.78, 5) is 0. The third-order valence-corrected chi connectivity index (χ3v) is 3.50. The van der Waals surface area contributed by atoms with Crippen molar-refractivity contribution in [3.8, 4) is 5.75 Å². The number of hydrogen-bond donors (Lipinski definition) is 1. The van der Waals surface area contributed by atoms with Gasteiger partial charge in [0.25, 0.3) is 0 Å². The number of nitrogens with one attached hydrogen (secondary N) is 1. The molecule has 1 aliphatic carbocycles. The van der Waals surface area contributed by atoms with Crippen molar-refractivity contribution in [2.45, 2.75) is 46.6 Å². The fourth-order valence-electron chi connectivity index (χ4n) is 1.99. The third kappa shape index (κ3) is 3.25. The normalized spacial score (nSPS) is 16.1. The van der Waals surface area contributed by atoms with Crippen LogP contribution in [0.3, 0.4) is 0 Å². The van der Waals surface area contributed by atoms with Gasteiger partial charge in [-0.1, -0.05) is 13.8 Å². The van der Waals surface area contributed by atoms with E-state index in [1.165, 1.54) is 12.8 Å². The van der Waals surface area contributed by atoms with Gasteiger partial charge in [0.15, 0.2) is 5.75 Å². The van der Waals surface area contributed by atoms with E-state index in [4.69, 9.17) is 4.74 Å². The monoisotopic (exact) mass is 251 g/mol. The van der Waals surface area contributed by atoms with Crippen LogP contribution in [-0.2, 0) is 7.05 Å². The predicted molar refractivity (Wildman–Crippen MR) is 73.0 cm³/mol. The first-order chi connectivity index (χ1) is 8.39. The van der Waals surface area contributed by atoms with Gasteiger partial charge in [-0.25, -0.2) is 0 Å². The van der Waals surface area contributed by atoms with Gasteiger partial charge in [-0.15, -0.1) is 0 Å².